The van der Waals surface area contributed by atoms with Crippen molar-refractivity contribution in [3.63, 3.8) is 0 Å². The fourth-order valence-electron chi connectivity index (χ4n) is 2.09. The molecule has 23 heavy (non-hydrogen) atoms. The van der Waals surface area contributed by atoms with E-state index in [-0.39, 0.29) is 25.6 Å². The van der Waals surface area contributed by atoms with E-state index in [1.54, 1.807) is 12.1 Å². The van der Waals surface area contributed by atoms with E-state index in [4.69, 9.17) is 33.0 Å². The van der Waals surface area contributed by atoms with Crippen LogP contribution in [0.2, 0.25) is 10.0 Å². The first-order valence-electron chi connectivity index (χ1n) is 6.86. The van der Waals surface area contributed by atoms with Crippen LogP contribution in [0.1, 0.15) is 11.7 Å². The molecule has 1 saturated heterocycles. The van der Waals surface area contributed by atoms with Gasteiger partial charge in [0.05, 0.1) is 26.3 Å². The molecule has 0 aromatic heterocycles. The van der Waals surface area contributed by atoms with Gasteiger partial charge < -0.3 is 20.3 Å². The minimum atomic E-state index is -1.08. The van der Waals surface area contributed by atoms with E-state index >= 15 is 0 Å². The van der Waals surface area contributed by atoms with Gasteiger partial charge in [-0.1, -0.05) is 29.3 Å². The highest BCUT2D eigenvalue weighted by Crippen LogP contribution is 2.29. The number of hydrogen-bond donors (Lipinski definition) is 3. The van der Waals surface area contributed by atoms with Gasteiger partial charge in [0.1, 0.15) is 12.2 Å². The fourth-order valence-corrected chi connectivity index (χ4v) is 2.62. The van der Waals surface area contributed by atoms with Gasteiger partial charge in [0, 0.05) is 15.6 Å². The maximum Gasteiger partial charge on any atom is 0.324 e. The summed E-state index contributed by atoms with van der Waals surface area (Å²) < 4.78 is 5.55. The molecule has 0 saturated carbocycles. The molecule has 1 aliphatic rings. The van der Waals surface area contributed by atoms with Gasteiger partial charge in [0.2, 0.25) is 5.91 Å². The summed E-state index contributed by atoms with van der Waals surface area (Å²) in [5, 5.41) is 21.5. The predicted molar refractivity (Wildman–Crippen MR) is 83.4 cm³/mol. The molecule has 3 amide bonds. The van der Waals surface area contributed by atoms with Crippen LogP contribution >= 0.6 is 23.2 Å². The van der Waals surface area contributed by atoms with Gasteiger partial charge in [0.15, 0.2) is 0 Å². The zero-order valence-electron chi connectivity index (χ0n) is 12.0. The van der Waals surface area contributed by atoms with Crippen LogP contribution in [0.4, 0.5) is 4.79 Å². The molecule has 1 aliphatic heterocycles. The molecule has 0 spiro atoms. The van der Waals surface area contributed by atoms with Crippen molar-refractivity contribution in [2.45, 2.75) is 12.2 Å². The largest absolute Gasteiger partial charge is 0.394 e. The van der Waals surface area contributed by atoms with Crippen LogP contribution in [0.25, 0.3) is 0 Å². The van der Waals surface area contributed by atoms with Crippen LogP contribution in [0, 0.1) is 0 Å². The third-order valence-corrected chi connectivity index (χ3v) is 3.86. The second-order valence-electron chi connectivity index (χ2n) is 4.99. The first-order chi connectivity index (χ1) is 10.9. The van der Waals surface area contributed by atoms with Crippen LogP contribution < -0.4 is 5.32 Å². The van der Waals surface area contributed by atoms with E-state index < -0.39 is 24.8 Å². The first kappa shape index (κ1) is 18.0. The van der Waals surface area contributed by atoms with E-state index in [2.05, 4.69) is 5.32 Å². The number of nitrogens with one attached hydrogen (secondary N) is 1. The van der Waals surface area contributed by atoms with Crippen LogP contribution in [0.3, 0.4) is 0 Å². The van der Waals surface area contributed by atoms with Crippen molar-refractivity contribution in [2.75, 3.05) is 26.3 Å². The number of benzene rings is 1. The number of rotatable bonds is 7. The maximum atomic E-state index is 11.7. The monoisotopic (exact) mass is 362 g/mol. The molecule has 7 nitrogen and oxygen atoms in total. The fraction of sp³-hybridized carbons (Fsp3) is 0.429. The summed E-state index contributed by atoms with van der Waals surface area (Å²) in [6.07, 6.45) is -1.83. The molecule has 126 valence electrons. The first-order valence-corrected chi connectivity index (χ1v) is 7.61. The number of halogens is 2. The van der Waals surface area contributed by atoms with Crippen molar-refractivity contribution in [3.05, 3.63) is 33.8 Å². The summed E-state index contributed by atoms with van der Waals surface area (Å²) in [7, 11) is 0. The Hall–Kier alpha value is -1.38. The van der Waals surface area contributed by atoms with Gasteiger partial charge in [0.25, 0.3) is 0 Å². The molecule has 9 heteroatoms. The zero-order chi connectivity index (χ0) is 17.0. The summed E-state index contributed by atoms with van der Waals surface area (Å²) in [4.78, 5) is 24.4. The number of aliphatic hydroxyl groups is 2. The number of aliphatic hydroxyl groups excluding tert-OH is 2. The van der Waals surface area contributed by atoms with Gasteiger partial charge in [-0.05, 0) is 12.1 Å². The molecule has 1 fully saturated rings. The Morgan fingerprint density at radius 1 is 1.35 bits per heavy atom. The van der Waals surface area contributed by atoms with Crippen molar-refractivity contribution in [1.29, 1.82) is 0 Å². The van der Waals surface area contributed by atoms with Gasteiger partial charge in [-0.2, -0.15) is 0 Å². The minimum Gasteiger partial charge on any atom is -0.394 e. The second-order valence-corrected chi connectivity index (χ2v) is 5.83. The molecule has 2 unspecified atom stereocenters. The third-order valence-electron chi connectivity index (χ3n) is 3.30. The molecule has 1 aromatic rings. The summed E-state index contributed by atoms with van der Waals surface area (Å²) in [6, 6.07) is 4.23. The molecule has 0 bridgehead atoms. The molecular weight excluding hydrogens is 347 g/mol. The molecule has 3 N–H and O–H groups in total. The van der Waals surface area contributed by atoms with E-state index in [1.165, 1.54) is 6.07 Å². The third kappa shape index (κ3) is 4.55. The Labute approximate surface area is 142 Å². The Morgan fingerprint density at radius 3 is 2.65 bits per heavy atom. The number of urea groups is 1. The summed E-state index contributed by atoms with van der Waals surface area (Å²) in [5.41, 5.74) is 0.522. The number of hydrogen-bond acceptors (Lipinski definition) is 5. The van der Waals surface area contributed by atoms with Gasteiger partial charge in [-0.3, -0.25) is 9.69 Å². The summed E-state index contributed by atoms with van der Waals surface area (Å²) in [6.45, 7) is -0.780. The average molecular weight is 363 g/mol. The number of amides is 3. The Morgan fingerprint density at radius 2 is 2.09 bits per heavy atom. The van der Waals surface area contributed by atoms with E-state index in [0.29, 0.717) is 15.6 Å². The Kier molecular flexibility index (Phi) is 6.20. The number of nitrogens with zero attached hydrogens (tertiary/aromatic N) is 1. The van der Waals surface area contributed by atoms with Crippen molar-refractivity contribution in [2.24, 2.45) is 0 Å². The van der Waals surface area contributed by atoms with E-state index in [9.17, 15) is 14.7 Å². The van der Waals surface area contributed by atoms with Crippen LogP contribution in [-0.4, -0.2) is 59.5 Å². The number of carbonyl (C=O) groups excluding carboxylic acids is 2. The summed E-state index contributed by atoms with van der Waals surface area (Å²) in [5.74, 6) is -0.378. The normalized spacial score (nSPS) is 17.3. The lowest BCUT2D eigenvalue weighted by Crippen LogP contribution is -2.36. The van der Waals surface area contributed by atoms with Crippen molar-refractivity contribution < 1.29 is 24.5 Å². The highest BCUT2D eigenvalue weighted by Gasteiger charge is 2.32. The van der Waals surface area contributed by atoms with Crippen molar-refractivity contribution >= 4 is 35.1 Å². The van der Waals surface area contributed by atoms with Crippen LogP contribution in [0.15, 0.2) is 18.2 Å². The quantitative estimate of drug-likeness (QED) is 0.627. The smallest absolute Gasteiger partial charge is 0.324 e. The second kappa shape index (κ2) is 7.94. The van der Waals surface area contributed by atoms with Gasteiger partial charge >= 0.3 is 6.03 Å². The van der Waals surface area contributed by atoms with Crippen molar-refractivity contribution in [3.8, 4) is 0 Å². The van der Waals surface area contributed by atoms with E-state index in [0.717, 1.165) is 4.90 Å². The molecule has 0 radical (unpaired) electrons. The highest BCUT2D eigenvalue weighted by molar-refractivity contribution is 6.35. The molecule has 2 rings (SSSR count). The molecule has 1 heterocycles. The lowest BCUT2D eigenvalue weighted by atomic mass is 10.1. The standard InChI is InChI=1S/C14H16Cl2N2O5/c15-8-1-2-10(11(16)3-8)12(23-7-9(20)6-19)5-18-13(21)4-17-14(18)22/h1-3,9,12,19-20H,4-7H2,(H,17,22). The Bertz CT molecular complexity index is 583. The number of carbonyl (C=O) groups is 2. The van der Waals surface area contributed by atoms with Crippen LogP contribution in [-0.2, 0) is 9.53 Å². The number of imide groups is 1. The molecule has 0 aliphatic carbocycles. The molecular formula is C14H16Cl2N2O5. The molecule has 1 aromatic carbocycles. The minimum absolute atomic E-state index is 0.0653. The lowest BCUT2D eigenvalue weighted by molar-refractivity contribution is -0.127. The van der Waals surface area contributed by atoms with Gasteiger partial charge in [-0.15, -0.1) is 0 Å². The summed E-state index contributed by atoms with van der Waals surface area (Å²) >= 11 is 12.0. The topological polar surface area (TPSA) is 99.1 Å². The Balaban J connectivity index is 2.20. The molecule has 2 atom stereocenters. The number of ether oxygens (including phenoxy) is 1. The average Bonchev–Trinajstić information content (AvgIpc) is 2.83. The van der Waals surface area contributed by atoms with Gasteiger partial charge in [-0.25, -0.2) is 4.79 Å². The zero-order valence-corrected chi connectivity index (χ0v) is 13.5. The van der Waals surface area contributed by atoms with Crippen molar-refractivity contribution in [1.82, 2.24) is 10.2 Å². The SMILES string of the molecule is O=C1CNC(=O)N1CC(OCC(O)CO)c1ccc(Cl)cc1Cl. The van der Waals surface area contributed by atoms with Crippen LogP contribution in [0.5, 0.6) is 0 Å². The predicted octanol–water partition coefficient (Wildman–Crippen LogP) is 0.956. The maximum absolute atomic E-state index is 11.7. The lowest BCUT2D eigenvalue weighted by Gasteiger charge is -2.24. The highest BCUT2D eigenvalue weighted by atomic mass is 35.5. The van der Waals surface area contributed by atoms with E-state index in [1.807, 2.05) is 0 Å².